The van der Waals surface area contributed by atoms with E-state index in [0.717, 1.165) is 21.8 Å². The summed E-state index contributed by atoms with van der Waals surface area (Å²) in [6, 6.07) is 12.4. The molecular formula is C15H15ClFN. The lowest BCUT2D eigenvalue weighted by atomic mass is 10.1. The van der Waals surface area contributed by atoms with Crippen molar-refractivity contribution in [1.29, 1.82) is 0 Å². The Labute approximate surface area is 112 Å². The molecule has 0 saturated carbocycles. The molecule has 0 amide bonds. The van der Waals surface area contributed by atoms with E-state index in [-0.39, 0.29) is 11.9 Å². The van der Waals surface area contributed by atoms with Gasteiger partial charge in [-0.15, -0.1) is 0 Å². The van der Waals surface area contributed by atoms with Crippen molar-refractivity contribution >= 4 is 17.3 Å². The normalized spacial score (nSPS) is 12.2. The van der Waals surface area contributed by atoms with Crippen LogP contribution < -0.4 is 5.32 Å². The third-order valence-electron chi connectivity index (χ3n) is 2.99. The Bertz CT molecular complexity index is 554. The van der Waals surface area contributed by atoms with Crippen LogP contribution in [0.3, 0.4) is 0 Å². The minimum absolute atomic E-state index is 0.0258. The van der Waals surface area contributed by atoms with Crippen molar-refractivity contribution in [3.05, 3.63) is 64.4 Å². The maximum atomic E-state index is 13.2. The van der Waals surface area contributed by atoms with Gasteiger partial charge >= 0.3 is 0 Å². The van der Waals surface area contributed by atoms with Gasteiger partial charge < -0.3 is 5.32 Å². The molecule has 0 radical (unpaired) electrons. The van der Waals surface area contributed by atoms with Crippen molar-refractivity contribution < 1.29 is 4.39 Å². The fourth-order valence-corrected chi connectivity index (χ4v) is 2.03. The predicted octanol–water partition coefficient (Wildman–Crippen LogP) is 4.96. The van der Waals surface area contributed by atoms with E-state index in [0.29, 0.717) is 0 Å². The summed E-state index contributed by atoms with van der Waals surface area (Å²) in [7, 11) is 0. The largest absolute Gasteiger partial charge is 0.378 e. The van der Waals surface area contributed by atoms with Gasteiger partial charge in [0, 0.05) is 16.8 Å². The number of nitrogens with one attached hydrogen (secondary N) is 1. The molecular weight excluding hydrogens is 249 g/mol. The van der Waals surface area contributed by atoms with Gasteiger partial charge in [-0.05, 0) is 49.2 Å². The van der Waals surface area contributed by atoms with Crippen LogP contribution >= 0.6 is 11.6 Å². The molecule has 0 aromatic heterocycles. The highest BCUT2D eigenvalue weighted by molar-refractivity contribution is 6.31. The van der Waals surface area contributed by atoms with Crippen molar-refractivity contribution in [2.24, 2.45) is 0 Å². The van der Waals surface area contributed by atoms with Gasteiger partial charge in [0.1, 0.15) is 5.82 Å². The summed E-state index contributed by atoms with van der Waals surface area (Å²) in [6.07, 6.45) is 0. The molecule has 3 heteroatoms. The highest BCUT2D eigenvalue weighted by Crippen LogP contribution is 2.26. The Balaban J connectivity index is 2.21. The highest BCUT2D eigenvalue weighted by Gasteiger charge is 2.08. The van der Waals surface area contributed by atoms with Gasteiger partial charge in [-0.2, -0.15) is 0 Å². The number of anilines is 1. The Morgan fingerprint density at radius 3 is 2.61 bits per heavy atom. The number of hydrogen-bond donors (Lipinski definition) is 1. The average Bonchev–Trinajstić information content (AvgIpc) is 2.35. The van der Waals surface area contributed by atoms with Gasteiger partial charge in [-0.25, -0.2) is 4.39 Å². The number of benzene rings is 2. The van der Waals surface area contributed by atoms with E-state index in [4.69, 9.17) is 11.6 Å². The monoisotopic (exact) mass is 263 g/mol. The Kier molecular flexibility index (Phi) is 3.87. The quantitative estimate of drug-likeness (QED) is 0.825. The second kappa shape index (κ2) is 5.40. The van der Waals surface area contributed by atoms with E-state index in [9.17, 15) is 4.39 Å². The summed E-state index contributed by atoms with van der Waals surface area (Å²) in [5.74, 6) is -0.219. The van der Waals surface area contributed by atoms with Crippen LogP contribution in [0.2, 0.25) is 5.02 Å². The minimum Gasteiger partial charge on any atom is -0.378 e. The summed E-state index contributed by atoms with van der Waals surface area (Å²) in [5, 5.41) is 4.07. The molecule has 1 atom stereocenters. The summed E-state index contributed by atoms with van der Waals surface area (Å²) in [5.41, 5.74) is 2.89. The highest BCUT2D eigenvalue weighted by atomic mass is 35.5. The smallest absolute Gasteiger partial charge is 0.123 e. The molecule has 0 aliphatic carbocycles. The molecule has 2 aromatic rings. The lowest BCUT2D eigenvalue weighted by Gasteiger charge is -2.18. The SMILES string of the molecule is Cc1c(Cl)cccc1NC(C)c1cccc(F)c1. The lowest BCUT2D eigenvalue weighted by molar-refractivity contribution is 0.623. The molecule has 1 unspecified atom stereocenters. The van der Waals surface area contributed by atoms with Crippen LogP contribution in [0.1, 0.15) is 24.1 Å². The van der Waals surface area contributed by atoms with Crippen LogP contribution in [0.5, 0.6) is 0 Å². The lowest BCUT2D eigenvalue weighted by Crippen LogP contribution is -2.08. The Morgan fingerprint density at radius 2 is 1.89 bits per heavy atom. The van der Waals surface area contributed by atoms with E-state index in [1.165, 1.54) is 12.1 Å². The van der Waals surface area contributed by atoms with E-state index in [2.05, 4.69) is 5.32 Å². The zero-order valence-corrected chi connectivity index (χ0v) is 11.1. The Hall–Kier alpha value is -1.54. The molecule has 94 valence electrons. The van der Waals surface area contributed by atoms with E-state index >= 15 is 0 Å². The van der Waals surface area contributed by atoms with Crippen molar-refractivity contribution in [2.45, 2.75) is 19.9 Å². The summed E-state index contributed by atoms with van der Waals surface area (Å²) < 4.78 is 13.2. The zero-order valence-electron chi connectivity index (χ0n) is 10.4. The van der Waals surface area contributed by atoms with Gasteiger partial charge in [0.25, 0.3) is 0 Å². The molecule has 0 aliphatic rings. The zero-order chi connectivity index (χ0) is 13.1. The predicted molar refractivity (Wildman–Crippen MR) is 74.6 cm³/mol. The summed E-state index contributed by atoms with van der Waals surface area (Å²) >= 11 is 6.07. The first-order valence-electron chi connectivity index (χ1n) is 5.85. The minimum atomic E-state index is -0.219. The van der Waals surface area contributed by atoms with Crippen molar-refractivity contribution in [3.63, 3.8) is 0 Å². The molecule has 0 spiro atoms. The average molecular weight is 264 g/mol. The molecule has 2 rings (SSSR count). The maximum absolute atomic E-state index is 13.2. The number of hydrogen-bond acceptors (Lipinski definition) is 1. The third kappa shape index (κ3) is 2.82. The first-order valence-corrected chi connectivity index (χ1v) is 6.23. The molecule has 0 bridgehead atoms. The van der Waals surface area contributed by atoms with Crippen LogP contribution in [-0.4, -0.2) is 0 Å². The topological polar surface area (TPSA) is 12.0 Å². The van der Waals surface area contributed by atoms with Crippen molar-refractivity contribution in [1.82, 2.24) is 0 Å². The standard InChI is InChI=1S/C15H15ClFN/c1-10-14(16)7-4-8-15(10)18-11(2)12-5-3-6-13(17)9-12/h3-9,11,18H,1-2H3. The van der Waals surface area contributed by atoms with Crippen LogP contribution in [0.25, 0.3) is 0 Å². The molecule has 2 aromatic carbocycles. The van der Waals surface area contributed by atoms with E-state index in [1.54, 1.807) is 6.07 Å². The molecule has 0 heterocycles. The molecule has 0 saturated heterocycles. The van der Waals surface area contributed by atoms with Gasteiger partial charge in [0.2, 0.25) is 0 Å². The molecule has 1 N–H and O–H groups in total. The number of halogens is 2. The Morgan fingerprint density at radius 1 is 1.17 bits per heavy atom. The van der Waals surface area contributed by atoms with Gasteiger partial charge in [0.15, 0.2) is 0 Å². The molecule has 0 aliphatic heterocycles. The first-order chi connectivity index (χ1) is 8.58. The van der Waals surface area contributed by atoms with Crippen molar-refractivity contribution in [2.75, 3.05) is 5.32 Å². The van der Waals surface area contributed by atoms with E-state index < -0.39 is 0 Å². The second-order valence-corrected chi connectivity index (χ2v) is 4.74. The van der Waals surface area contributed by atoms with Gasteiger partial charge in [0.05, 0.1) is 0 Å². The summed E-state index contributed by atoms with van der Waals surface area (Å²) in [6.45, 7) is 3.96. The first kappa shape index (κ1) is 12.9. The fourth-order valence-electron chi connectivity index (χ4n) is 1.86. The van der Waals surface area contributed by atoms with E-state index in [1.807, 2.05) is 38.1 Å². The second-order valence-electron chi connectivity index (χ2n) is 4.33. The van der Waals surface area contributed by atoms with Crippen LogP contribution in [0.15, 0.2) is 42.5 Å². The summed E-state index contributed by atoms with van der Waals surface area (Å²) in [4.78, 5) is 0. The van der Waals surface area contributed by atoms with Gasteiger partial charge in [-0.3, -0.25) is 0 Å². The fraction of sp³-hybridized carbons (Fsp3) is 0.200. The third-order valence-corrected chi connectivity index (χ3v) is 3.40. The van der Waals surface area contributed by atoms with Crippen LogP contribution in [0.4, 0.5) is 10.1 Å². The molecule has 1 nitrogen and oxygen atoms in total. The molecule has 0 fully saturated rings. The van der Waals surface area contributed by atoms with Gasteiger partial charge in [-0.1, -0.05) is 29.8 Å². The number of rotatable bonds is 3. The van der Waals surface area contributed by atoms with Crippen LogP contribution in [0, 0.1) is 12.7 Å². The molecule has 18 heavy (non-hydrogen) atoms. The maximum Gasteiger partial charge on any atom is 0.123 e. The van der Waals surface area contributed by atoms with Crippen LogP contribution in [-0.2, 0) is 0 Å². The van der Waals surface area contributed by atoms with Crippen molar-refractivity contribution in [3.8, 4) is 0 Å².